The zero-order chi connectivity index (χ0) is 14.5. The Bertz CT molecular complexity index is 401. The predicted octanol–water partition coefficient (Wildman–Crippen LogP) is 2.87. The molecule has 108 valence electrons. The lowest BCUT2D eigenvalue weighted by Gasteiger charge is -2.30. The zero-order valence-electron chi connectivity index (χ0n) is 13.0. The maximum absolute atomic E-state index is 5.98. The molecular formula is C15H26O3Si. The Hall–Kier alpha value is -0.683. The van der Waals surface area contributed by atoms with Crippen molar-refractivity contribution in [2.24, 2.45) is 0 Å². The number of benzene rings is 1. The van der Waals surface area contributed by atoms with Crippen LogP contribution >= 0.6 is 0 Å². The highest BCUT2D eigenvalue weighted by Crippen LogP contribution is 2.17. The first-order valence-corrected chi connectivity index (χ1v) is 8.73. The molecule has 0 aromatic heterocycles. The molecule has 0 N–H and O–H groups in total. The molecule has 0 spiro atoms. The van der Waals surface area contributed by atoms with E-state index in [0.29, 0.717) is 19.8 Å². The van der Waals surface area contributed by atoms with Gasteiger partial charge in [0.2, 0.25) is 0 Å². The molecule has 0 heterocycles. The summed E-state index contributed by atoms with van der Waals surface area (Å²) >= 11 is 0. The van der Waals surface area contributed by atoms with Crippen LogP contribution in [-0.2, 0) is 13.3 Å². The average molecular weight is 282 g/mol. The highest BCUT2D eigenvalue weighted by molar-refractivity contribution is 6.75. The monoisotopic (exact) mass is 282 g/mol. The van der Waals surface area contributed by atoms with E-state index in [1.165, 1.54) is 16.7 Å². The van der Waals surface area contributed by atoms with Crippen molar-refractivity contribution >= 4 is 14.0 Å². The SMILES string of the molecule is CCO[Si](OCC)(OCC)c1cc(C)cc(C)c1C. The van der Waals surface area contributed by atoms with Crippen LogP contribution in [0.15, 0.2) is 12.1 Å². The fourth-order valence-corrected chi connectivity index (χ4v) is 5.20. The lowest BCUT2D eigenvalue weighted by atomic mass is 10.1. The number of hydrogen-bond donors (Lipinski definition) is 0. The van der Waals surface area contributed by atoms with Crippen LogP contribution in [0.2, 0.25) is 0 Å². The zero-order valence-corrected chi connectivity index (χ0v) is 14.0. The highest BCUT2D eigenvalue weighted by atomic mass is 28.4. The van der Waals surface area contributed by atoms with Gasteiger partial charge in [0.1, 0.15) is 0 Å². The first kappa shape index (κ1) is 16.4. The summed E-state index contributed by atoms with van der Waals surface area (Å²) in [5.41, 5.74) is 3.69. The Morgan fingerprint density at radius 2 is 1.32 bits per heavy atom. The third-order valence-electron chi connectivity index (χ3n) is 3.14. The molecule has 1 aromatic carbocycles. The van der Waals surface area contributed by atoms with E-state index in [2.05, 4.69) is 32.9 Å². The molecular weight excluding hydrogens is 256 g/mol. The molecule has 1 rings (SSSR count). The summed E-state index contributed by atoms with van der Waals surface area (Å²) in [4.78, 5) is 0. The Kier molecular flexibility index (Phi) is 6.20. The van der Waals surface area contributed by atoms with Crippen LogP contribution in [0.3, 0.4) is 0 Å². The summed E-state index contributed by atoms with van der Waals surface area (Å²) < 4.78 is 17.9. The van der Waals surface area contributed by atoms with E-state index >= 15 is 0 Å². The first-order chi connectivity index (χ1) is 9.00. The number of rotatable bonds is 7. The van der Waals surface area contributed by atoms with Gasteiger partial charge in [-0.05, 0) is 52.7 Å². The molecule has 0 bridgehead atoms. The second-order valence-electron chi connectivity index (χ2n) is 4.61. The van der Waals surface area contributed by atoms with Crippen molar-refractivity contribution in [2.75, 3.05) is 19.8 Å². The smallest absolute Gasteiger partial charge is 0.370 e. The van der Waals surface area contributed by atoms with E-state index in [1.807, 2.05) is 20.8 Å². The Labute approximate surface area is 118 Å². The summed E-state index contributed by atoms with van der Waals surface area (Å²) in [6, 6.07) is 4.33. The molecule has 3 nitrogen and oxygen atoms in total. The van der Waals surface area contributed by atoms with E-state index in [4.69, 9.17) is 13.3 Å². The van der Waals surface area contributed by atoms with Crippen LogP contribution in [0.25, 0.3) is 0 Å². The minimum Gasteiger partial charge on any atom is -0.370 e. The quantitative estimate of drug-likeness (QED) is 0.720. The van der Waals surface area contributed by atoms with Gasteiger partial charge in [-0.25, -0.2) is 0 Å². The fourth-order valence-electron chi connectivity index (χ4n) is 2.29. The van der Waals surface area contributed by atoms with Crippen molar-refractivity contribution in [3.8, 4) is 0 Å². The summed E-state index contributed by atoms with van der Waals surface area (Å²) in [6.45, 7) is 14.1. The van der Waals surface area contributed by atoms with Gasteiger partial charge in [0.05, 0.1) is 0 Å². The standard InChI is InChI=1S/C15H26O3Si/c1-7-16-19(17-8-2,18-9-3)15-11-12(4)10-13(5)14(15)6/h10-11H,7-9H2,1-6H3. The molecule has 1 aromatic rings. The normalized spacial score (nSPS) is 11.9. The van der Waals surface area contributed by atoms with Crippen LogP contribution in [0.4, 0.5) is 0 Å². The highest BCUT2D eigenvalue weighted by Gasteiger charge is 2.44. The third-order valence-corrected chi connectivity index (χ3v) is 6.33. The Balaban J connectivity index is 3.37. The average Bonchev–Trinajstić information content (AvgIpc) is 2.34. The Morgan fingerprint density at radius 3 is 1.74 bits per heavy atom. The summed E-state index contributed by atoms with van der Waals surface area (Å²) in [5, 5.41) is 1.11. The van der Waals surface area contributed by atoms with Gasteiger partial charge in [-0.15, -0.1) is 0 Å². The molecule has 0 aliphatic carbocycles. The van der Waals surface area contributed by atoms with Gasteiger partial charge < -0.3 is 13.3 Å². The van der Waals surface area contributed by atoms with Crippen LogP contribution in [0, 0.1) is 20.8 Å². The molecule has 19 heavy (non-hydrogen) atoms. The van der Waals surface area contributed by atoms with E-state index in [0.717, 1.165) is 5.19 Å². The molecule has 0 radical (unpaired) electrons. The minimum atomic E-state index is -2.78. The van der Waals surface area contributed by atoms with Crippen molar-refractivity contribution in [1.29, 1.82) is 0 Å². The van der Waals surface area contributed by atoms with E-state index < -0.39 is 8.80 Å². The predicted molar refractivity (Wildman–Crippen MR) is 80.9 cm³/mol. The van der Waals surface area contributed by atoms with Crippen molar-refractivity contribution in [3.63, 3.8) is 0 Å². The lowest BCUT2D eigenvalue weighted by molar-refractivity contribution is 0.0857. The minimum absolute atomic E-state index is 0.596. The molecule has 0 fully saturated rings. The number of hydrogen-bond acceptors (Lipinski definition) is 3. The van der Waals surface area contributed by atoms with Gasteiger partial charge in [-0.1, -0.05) is 17.7 Å². The summed E-state index contributed by atoms with van der Waals surface area (Å²) in [7, 11) is -2.78. The summed E-state index contributed by atoms with van der Waals surface area (Å²) in [5.74, 6) is 0. The topological polar surface area (TPSA) is 27.7 Å². The maximum Gasteiger partial charge on any atom is 0.537 e. The van der Waals surface area contributed by atoms with Gasteiger partial charge in [-0.3, -0.25) is 0 Å². The van der Waals surface area contributed by atoms with Gasteiger partial charge >= 0.3 is 8.80 Å². The van der Waals surface area contributed by atoms with Gasteiger partial charge in [0.15, 0.2) is 0 Å². The Morgan fingerprint density at radius 1 is 0.842 bits per heavy atom. The van der Waals surface area contributed by atoms with Crippen LogP contribution in [0.1, 0.15) is 37.5 Å². The van der Waals surface area contributed by atoms with Crippen LogP contribution in [0.5, 0.6) is 0 Å². The second kappa shape index (κ2) is 7.19. The molecule has 0 saturated carbocycles. The largest absolute Gasteiger partial charge is 0.537 e. The molecule has 0 unspecified atom stereocenters. The maximum atomic E-state index is 5.98. The van der Waals surface area contributed by atoms with Crippen molar-refractivity contribution in [2.45, 2.75) is 41.5 Å². The van der Waals surface area contributed by atoms with Crippen LogP contribution < -0.4 is 5.19 Å². The van der Waals surface area contributed by atoms with E-state index in [1.54, 1.807) is 0 Å². The van der Waals surface area contributed by atoms with E-state index in [9.17, 15) is 0 Å². The van der Waals surface area contributed by atoms with Crippen molar-refractivity contribution < 1.29 is 13.3 Å². The van der Waals surface area contributed by atoms with Gasteiger partial charge in [0.25, 0.3) is 0 Å². The van der Waals surface area contributed by atoms with Crippen molar-refractivity contribution in [3.05, 3.63) is 28.8 Å². The lowest BCUT2D eigenvalue weighted by Crippen LogP contribution is -2.58. The molecule has 0 aliphatic heterocycles. The second-order valence-corrected chi connectivity index (χ2v) is 7.13. The molecule has 0 amide bonds. The molecule has 4 heteroatoms. The van der Waals surface area contributed by atoms with Crippen LogP contribution in [-0.4, -0.2) is 28.6 Å². The van der Waals surface area contributed by atoms with Gasteiger partial charge in [-0.2, -0.15) is 0 Å². The molecule has 0 atom stereocenters. The number of aryl methyl sites for hydroxylation is 2. The molecule has 0 saturated heterocycles. The first-order valence-electron chi connectivity index (χ1n) is 7.00. The van der Waals surface area contributed by atoms with Crippen molar-refractivity contribution in [1.82, 2.24) is 0 Å². The fraction of sp³-hybridized carbons (Fsp3) is 0.600. The van der Waals surface area contributed by atoms with Gasteiger partial charge in [0, 0.05) is 25.0 Å². The molecule has 0 aliphatic rings. The van der Waals surface area contributed by atoms with E-state index in [-0.39, 0.29) is 0 Å². The summed E-state index contributed by atoms with van der Waals surface area (Å²) in [6.07, 6.45) is 0. The third kappa shape index (κ3) is 3.66.